The van der Waals surface area contributed by atoms with Crippen LogP contribution in [0.5, 0.6) is 0 Å². The standard InChI is InChI=1S/C10H18N2O3/c1-7(11)10(15)12-5-4-8(6-12)2-3-9(13)14/h7-8H,2-6,11H2,1H3,(H,13,14)/t7-,8?/m1/s1. The SMILES string of the molecule is C[C@@H](N)C(=O)N1CCC(CCC(=O)O)C1. The van der Waals surface area contributed by atoms with Crippen LogP contribution in [0.2, 0.25) is 0 Å². The van der Waals surface area contributed by atoms with E-state index in [4.69, 9.17) is 10.8 Å². The Kier molecular flexibility index (Phi) is 4.08. The molecule has 1 aliphatic rings. The zero-order chi connectivity index (χ0) is 11.4. The lowest BCUT2D eigenvalue weighted by Crippen LogP contribution is -2.40. The van der Waals surface area contributed by atoms with Crippen molar-refractivity contribution in [3.63, 3.8) is 0 Å². The molecule has 1 aliphatic heterocycles. The summed E-state index contributed by atoms with van der Waals surface area (Å²) >= 11 is 0. The van der Waals surface area contributed by atoms with Crippen LogP contribution < -0.4 is 5.73 Å². The van der Waals surface area contributed by atoms with E-state index in [-0.39, 0.29) is 12.3 Å². The Labute approximate surface area is 89.2 Å². The van der Waals surface area contributed by atoms with Crippen molar-refractivity contribution in [1.82, 2.24) is 4.90 Å². The van der Waals surface area contributed by atoms with Gasteiger partial charge in [0.25, 0.3) is 0 Å². The zero-order valence-electron chi connectivity index (χ0n) is 8.98. The Hall–Kier alpha value is -1.10. The summed E-state index contributed by atoms with van der Waals surface area (Å²) in [5, 5.41) is 8.54. The number of carbonyl (C=O) groups excluding carboxylic acids is 1. The quantitative estimate of drug-likeness (QED) is 0.692. The van der Waals surface area contributed by atoms with E-state index in [1.807, 2.05) is 0 Å². The number of nitrogens with zero attached hydrogens (tertiary/aromatic N) is 1. The molecule has 0 radical (unpaired) electrons. The van der Waals surface area contributed by atoms with Crippen LogP contribution in [0.15, 0.2) is 0 Å². The number of hydrogen-bond acceptors (Lipinski definition) is 3. The van der Waals surface area contributed by atoms with Gasteiger partial charge in [-0.2, -0.15) is 0 Å². The van der Waals surface area contributed by atoms with E-state index in [0.29, 0.717) is 25.4 Å². The number of carboxylic acids is 1. The van der Waals surface area contributed by atoms with E-state index in [0.717, 1.165) is 6.42 Å². The monoisotopic (exact) mass is 214 g/mol. The largest absolute Gasteiger partial charge is 0.481 e. The zero-order valence-corrected chi connectivity index (χ0v) is 8.98. The van der Waals surface area contributed by atoms with Gasteiger partial charge in [0.1, 0.15) is 0 Å². The van der Waals surface area contributed by atoms with Gasteiger partial charge in [0.05, 0.1) is 6.04 Å². The minimum Gasteiger partial charge on any atom is -0.481 e. The normalized spacial score (nSPS) is 22.8. The molecule has 5 heteroatoms. The first-order valence-corrected chi connectivity index (χ1v) is 5.27. The lowest BCUT2D eigenvalue weighted by molar-refractivity contribution is -0.137. The van der Waals surface area contributed by atoms with Gasteiger partial charge in [0.2, 0.25) is 5.91 Å². The number of likely N-dealkylation sites (tertiary alicyclic amines) is 1. The molecule has 0 bridgehead atoms. The molecule has 0 aromatic carbocycles. The Balaban J connectivity index is 2.32. The summed E-state index contributed by atoms with van der Waals surface area (Å²) in [6.45, 7) is 3.05. The van der Waals surface area contributed by atoms with Crippen molar-refractivity contribution in [3.05, 3.63) is 0 Å². The molecule has 86 valence electrons. The average molecular weight is 214 g/mol. The molecule has 5 nitrogen and oxygen atoms in total. The van der Waals surface area contributed by atoms with Gasteiger partial charge in [-0.1, -0.05) is 0 Å². The molecule has 1 fully saturated rings. The Morgan fingerprint density at radius 2 is 2.27 bits per heavy atom. The number of carboxylic acid groups (broad SMARTS) is 1. The molecule has 1 saturated heterocycles. The third-order valence-electron chi connectivity index (χ3n) is 2.75. The van der Waals surface area contributed by atoms with Gasteiger partial charge < -0.3 is 15.7 Å². The summed E-state index contributed by atoms with van der Waals surface area (Å²) in [4.78, 5) is 23.6. The third kappa shape index (κ3) is 3.51. The third-order valence-corrected chi connectivity index (χ3v) is 2.75. The van der Waals surface area contributed by atoms with E-state index in [1.165, 1.54) is 0 Å². The van der Waals surface area contributed by atoms with Crippen LogP contribution in [0, 0.1) is 5.92 Å². The fraction of sp³-hybridized carbons (Fsp3) is 0.800. The van der Waals surface area contributed by atoms with Crippen molar-refractivity contribution in [1.29, 1.82) is 0 Å². The molecular formula is C10H18N2O3. The van der Waals surface area contributed by atoms with Crippen LogP contribution in [0.25, 0.3) is 0 Å². The summed E-state index contributed by atoms with van der Waals surface area (Å²) in [5.41, 5.74) is 5.50. The summed E-state index contributed by atoms with van der Waals surface area (Å²) in [7, 11) is 0. The summed E-state index contributed by atoms with van der Waals surface area (Å²) < 4.78 is 0. The van der Waals surface area contributed by atoms with Gasteiger partial charge in [0, 0.05) is 19.5 Å². The van der Waals surface area contributed by atoms with Gasteiger partial charge in [-0.25, -0.2) is 0 Å². The summed E-state index contributed by atoms with van der Waals surface area (Å²) in [6, 6.07) is -0.455. The van der Waals surface area contributed by atoms with Crippen molar-refractivity contribution >= 4 is 11.9 Å². The van der Waals surface area contributed by atoms with Crippen LogP contribution in [0.1, 0.15) is 26.2 Å². The van der Waals surface area contributed by atoms with E-state index >= 15 is 0 Å². The number of nitrogens with two attached hydrogens (primary N) is 1. The molecule has 1 unspecified atom stereocenters. The van der Waals surface area contributed by atoms with Crippen molar-refractivity contribution in [2.75, 3.05) is 13.1 Å². The highest BCUT2D eigenvalue weighted by Gasteiger charge is 2.27. The Morgan fingerprint density at radius 3 is 2.80 bits per heavy atom. The molecular weight excluding hydrogens is 196 g/mol. The van der Waals surface area contributed by atoms with Crippen molar-refractivity contribution < 1.29 is 14.7 Å². The minimum absolute atomic E-state index is 0.0344. The Morgan fingerprint density at radius 1 is 1.60 bits per heavy atom. The first-order valence-electron chi connectivity index (χ1n) is 5.27. The molecule has 0 saturated carbocycles. The number of hydrogen-bond donors (Lipinski definition) is 2. The highest BCUT2D eigenvalue weighted by molar-refractivity contribution is 5.81. The molecule has 1 amide bonds. The molecule has 3 N–H and O–H groups in total. The van der Waals surface area contributed by atoms with E-state index in [9.17, 15) is 9.59 Å². The van der Waals surface area contributed by atoms with E-state index in [1.54, 1.807) is 11.8 Å². The maximum atomic E-state index is 11.5. The number of amides is 1. The van der Waals surface area contributed by atoms with Crippen molar-refractivity contribution in [2.45, 2.75) is 32.2 Å². The molecule has 0 aromatic heterocycles. The van der Waals surface area contributed by atoms with Crippen LogP contribution in [-0.4, -0.2) is 41.0 Å². The van der Waals surface area contributed by atoms with Crippen LogP contribution in [-0.2, 0) is 9.59 Å². The molecule has 1 heterocycles. The van der Waals surface area contributed by atoms with Crippen LogP contribution in [0.3, 0.4) is 0 Å². The maximum Gasteiger partial charge on any atom is 0.303 e. The van der Waals surface area contributed by atoms with E-state index < -0.39 is 12.0 Å². The molecule has 0 aromatic rings. The molecule has 15 heavy (non-hydrogen) atoms. The number of rotatable bonds is 4. The minimum atomic E-state index is -0.771. The summed E-state index contributed by atoms with van der Waals surface area (Å²) in [5.74, 6) is -0.483. The first kappa shape index (κ1) is 12.0. The predicted octanol–water partition coefficient (Wildman–Crippen LogP) is 0.0469. The first-order chi connectivity index (χ1) is 7.00. The van der Waals surface area contributed by atoms with Gasteiger partial charge in [0.15, 0.2) is 0 Å². The smallest absolute Gasteiger partial charge is 0.303 e. The second-order valence-electron chi connectivity index (χ2n) is 4.16. The lowest BCUT2D eigenvalue weighted by atomic mass is 10.0. The second-order valence-corrected chi connectivity index (χ2v) is 4.16. The lowest BCUT2D eigenvalue weighted by Gasteiger charge is -2.18. The van der Waals surface area contributed by atoms with Crippen molar-refractivity contribution in [3.8, 4) is 0 Å². The molecule has 1 rings (SSSR count). The van der Waals surface area contributed by atoms with Crippen molar-refractivity contribution in [2.24, 2.45) is 11.7 Å². The Bertz CT molecular complexity index is 253. The fourth-order valence-electron chi connectivity index (χ4n) is 1.88. The predicted molar refractivity (Wildman–Crippen MR) is 55.2 cm³/mol. The fourth-order valence-corrected chi connectivity index (χ4v) is 1.88. The maximum absolute atomic E-state index is 11.5. The summed E-state index contributed by atoms with van der Waals surface area (Å²) in [6.07, 6.45) is 1.73. The highest BCUT2D eigenvalue weighted by Crippen LogP contribution is 2.21. The second kappa shape index (κ2) is 5.11. The van der Waals surface area contributed by atoms with Crippen LogP contribution in [0.4, 0.5) is 0 Å². The van der Waals surface area contributed by atoms with Gasteiger partial charge in [-0.3, -0.25) is 9.59 Å². The molecule has 2 atom stereocenters. The number of carbonyl (C=O) groups is 2. The van der Waals surface area contributed by atoms with Gasteiger partial charge in [-0.05, 0) is 25.7 Å². The van der Waals surface area contributed by atoms with Gasteiger partial charge in [-0.15, -0.1) is 0 Å². The van der Waals surface area contributed by atoms with Gasteiger partial charge >= 0.3 is 5.97 Å². The molecule has 0 aliphatic carbocycles. The highest BCUT2D eigenvalue weighted by atomic mass is 16.4. The van der Waals surface area contributed by atoms with E-state index in [2.05, 4.69) is 0 Å². The molecule has 0 spiro atoms. The topological polar surface area (TPSA) is 83.6 Å². The number of aliphatic carboxylic acids is 1. The van der Waals surface area contributed by atoms with Crippen LogP contribution >= 0.6 is 0 Å². The average Bonchev–Trinajstić information content (AvgIpc) is 2.61.